The molecule has 1 aliphatic rings. The van der Waals surface area contributed by atoms with Crippen molar-refractivity contribution >= 4 is 33.3 Å². The largest absolute Gasteiger partial charge is 0.462 e. The lowest BCUT2D eigenvalue weighted by Crippen LogP contribution is -2.44. The molecule has 0 saturated carbocycles. The van der Waals surface area contributed by atoms with Crippen LogP contribution in [0.15, 0.2) is 23.1 Å². The predicted molar refractivity (Wildman–Crippen MR) is 136 cm³/mol. The molecule has 1 fully saturated rings. The number of esters is 1. The van der Waals surface area contributed by atoms with Crippen molar-refractivity contribution in [1.29, 1.82) is 0 Å². The van der Waals surface area contributed by atoms with Gasteiger partial charge in [0.25, 0.3) is 0 Å². The third-order valence-corrected chi connectivity index (χ3v) is 8.74. The highest BCUT2D eigenvalue weighted by Crippen LogP contribution is 2.32. The van der Waals surface area contributed by atoms with Crippen LogP contribution in [-0.2, 0) is 26.6 Å². The van der Waals surface area contributed by atoms with Gasteiger partial charge in [0.1, 0.15) is 10.5 Å². The molecule has 0 bridgehead atoms. The Labute approximate surface area is 208 Å². The average Bonchev–Trinajstić information content (AvgIpc) is 3.04. The molecule has 1 aromatic heterocycles. The van der Waals surface area contributed by atoms with E-state index in [1.165, 1.54) is 4.31 Å². The van der Waals surface area contributed by atoms with Crippen LogP contribution in [-0.4, -0.2) is 63.0 Å². The molecule has 1 aliphatic heterocycles. The highest BCUT2D eigenvalue weighted by Gasteiger charge is 2.39. The van der Waals surface area contributed by atoms with Crippen LogP contribution in [0.2, 0.25) is 0 Å². The number of aromatic nitrogens is 1. The van der Waals surface area contributed by atoms with Gasteiger partial charge >= 0.3 is 5.97 Å². The van der Waals surface area contributed by atoms with E-state index < -0.39 is 21.9 Å². The summed E-state index contributed by atoms with van der Waals surface area (Å²) in [5.74, 6) is -1.38. The second-order valence-corrected chi connectivity index (χ2v) is 11.1. The molecule has 1 atom stereocenters. The Morgan fingerprint density at radius 2 is 1.86 bits per heavy atom. The normalized spacial score (nSPS) is 16.7. The first-order valence-electron chi connectivity index (χ1n) is 11.8. The maximum atomic E-state index is 13.8. The number of piperidine rings is 1. The molecule has 0 aliphatic carbocycles. The lowest BCUT2D eigenvalue weighted by atomic mass is 9.98. The van der Waals surface area contributed by atoms with Gasteiger partial charge in [0.15, 0.2) is 0 Å². The van der Waals surface area contributed by atoms with E-state index >= 15 is 0 Å². The lowest BCUT2D eigenvalue weighted by Gasteiger charge is -2.31. The van der Waals surface area contributed by atoms with Gasteiger partial charge in [-0.2, -0.15) is 4.31 Å². The molecule has 1 N–H and O–H groups in total. The van der Waals surface area contributed by atoms with Gasteiger partial charge in [-0.05, 0) is 58.2 Å². The van der Waals surface area contributed by atoms with Crippen molar-refractivity contribution in [3.8, 4) is 0 Å². The third kappa shape index (κ3) is 5.23. The molecule has 1 aromatic carbocycles. The van der Waals surface area contributed by atoms with Gasteiger partial charge in [0.05, 0.1) is 12.5 Å². The number of amides is 1. The van der Waals surface area contributed by atoms with Crippen LogP contribution in [0.1, 0.15) is 47.1 Å². The van der Waals surface area contributed by atoms with Gasteiger partial charge in [-0.3, -0.25) is 4.79 Å². The smallest absolute Gasteiger partial charge is 0.341 e. The van der Waals surface area contributed by atoms with Crippen molar-refractivity contribution < 1.29 is 22.7 Å². The number of hydrogen-bond donors (Lipinski definition) is 1. The van der Waals surface area contributed by atoms with Crippen LogP contribution in [0.5, 0.6) is 0 Å². The zero-order valence-electron chi connectivity index (χ0n) is 21.6. The summed E-state index contributed by atoms with van der Waals surface area (Å²) in [6.07, 6.45) is 1.13. The summed E-state index contributed by atoms with van der Waals surface area (Å²) in [5.41, 5.74) is 3.82. The number of carbonyl (C=O) groups excluding carboxylic acids is 2. The summed E-state index contributed by atoms with van der Waals surface area (Å²) < 4.78 is 35.7. The van der Waals surface area contributed by atoms with Gasteiger partial charge < -0.3 is 19.5 Å². The fraction of sp³-hybridized carbons (Fsp3) is 0.520. The zero-order chi connectivity index (χ0) is 26.1. The van der Waals surface area contributed by atoms with Crippen LogP contribution in [0, 0.1) is 26.7 Å². The zero-order valence-corrected chi connectivity index (χ0v) is 22.5. The van der Waals surface area contributed by atoms with E-state index in [-0.39, 0.29) is 36.1 Å². The van der Waals surface area contributed by atoms with E-state index in [0.29, 0.717) is 29.9 Å². The number of nitrogens with one attached hydrogen (secondary N) is 1. The number of benzene rings is 1. The van der Waals surface area contributed by atoms with Crippen molar-refractivity contribution in [3.05, 3.63) is 40.7 Å². The van der Waals surface area contributed by atoms with Crippen LogP contribution in [0.4, 0.5) is 11.4 Å². The molecule has 0 radical (unpaired) electrons. The first-order chi connectivity index (χ1) is 16.4. The average molecular weight is 505 g/mol. The van der Waals surface area contributed by atoms with E-state index in [1.807, 2.05) is 44.1 Å². The minimum Gasteiger partial charge on any atom is -0.462 e. The molecule has 0 spiro atoms. The number of ether oxygens (including phenoxy) is 1. The third-order valence-electron chi connectivity index (χ3n) is 6.71. The first-order valence-corrected chi connectivity index (χ1v) is 13.3. The lowest BCUT2D eigenvalue weighted by molar-refractivity contribution is -0.120. The number of hydrogen-bond acceptors (Lipinski definition) is 6. The number of sulfonamides is 1. The molecule has 0 unspecified atom stereocenters. The van der Waals surface area contributed by atoms with Crippen LogP contribution in [0.25, 0.3) is 0 Å². The minimum absolute atomic E-state index is 0.0360. The Hall–Kier alpha value is -2.85. The molecule has 2 heterocycles. The van der Waals surface area contributed by atoms with Gasteiger partial charge in [0.2, 0.25) is 15.9 Å². The van der Waals surface area contributed by atoms with Crippen molar-refractivity contribution in [3.63, 3.8) is 0 Å². The number of aryl methyl sites for hydroxylation is 1. The van der Waals surface area contributed by atoms with E-state index in [0.717, 1.165) is 11.3 Å². The molecule has 192 valence electrons. The number of rotatable bonds is 7. The van der Waals surface area contributed by atoms with Gasteiger partial charge in [0, 0.05) is 57.0 Å². The standard InChI is InChI=1S/C25H36N4O5S/c1-8-34-25(31)22-17(3)28(7)18(4)23(22)35(32,33)29-13-9-10-19(15-29)24(30)26-20-12-11-16(2)21(14-20)27(5)6/h11-12,14,19H,8-10,13,15H2,1-7H3,(H,26,30)/t19-/m1/s1. The van der Waals surface area contributed by atoms with Gasteiger partial charge in [-0.25, -0.2) is 13.2 Å². The molecular weight excluding hydrogens is 468 g/mol. The Morgan fingerprint density at radius 1 is 1.17 bits per heavy atom. The van der Waals surface area contributed by atoms with Crippen LogP contribution < -0.4 is 10.2 Å². The molecule has 9 nitrogen and oxygen atoms in total. The first kappa shape index (κ1) is 26.7. The maximum Gasteiger partial charge on any atom is 0.341 e. The van der Waals surface area contributed by atoms with Crippen molar-refractivity contribution in [1.82, 2.24) is 8.87 Å². The Balaban J connectivity index is 1.87. The monoisotopic (exact) mass is 504 g/mol. The Morgan fingerprint density at radius 3 is 2.49 bits per heavy atom. The molecule has 2 aromatic rings. The number of carbonyl (C=O) groups is 2. The van der Waals surface area contributed by atoms with E-state index in [4.69, 9.17) is 4.74 Å². The molecular formula is C25H36N4O5S. The Bertz CT molecular complexity index is 1230. The van der Waals surface area contributed by atoms with E-state index in [2.05, 4.69) is 5.32 Å². The molecule has 3 rings (SSSR count). The van der Waals surface area contributed by atoms with Crippen LogP contribution >= 0.6 is 0 Å². The fourth-order valence-corrected chi connectivity index (χ4v) is 6.60. The summed E-state index contributed by atoms with van der Waals surface area (Å²) in [5, 5.41) is 2.95. The second kappa shape index (κ2) is 10.4. The molecule has 1 amide bonds. The van der Waals surface area contributed by atoms with E-state index in [9.17, 15) is 18.0 Å². The van der Waals surface area contributed by atoms with Crippen molar-refractivity contribution in [2.24, 2.45) is 13.0 Å². The van der Waals surface area contributed by atoms with Crippen molar-refractivity contribution in [2.45, 2.75) is 45.4 Å². The van der Waals surface area contributed by atoms with Crippen LogP contribution in [0.3, 0.4) is 0 Å². The molecule has 35 heavy (non-hydrogen) atoms. The number of anilines is 2. The summed E-state index contributed by atoms with van der Waals surface area (Å²) in [4.78, 5) is 27.7. The predicted octanol–water partition coefficient (Wildman–Crippen LogP) is 3.23. The SMILES string of the molecule is CCOC(=O)c1c(S(=O)(=O)N2CCC[C@@H](C(=O)Nc3ccc(C)c(N(C)C)c3)C2)c(C)n(C)c1C. The fourth-order valence-electron chi connectivity index (χ4n) is 4.59. The summed E-state index contributed by atoms with van der Waals surface area (Å²) in [6.45, 7) is 7.55. The summed E-state index contributed by atoms with van der Waals surface area (Å²) in [7, 11) is 1.58. The maximum absolute atomic E-state index is 13.8. The highest BCUT2D eigenvalue weighted by atomic mass is 32.2. The summed E-state index contributed by atoms with van der Waals surface area (Å²) in [6, 6.07) is 5.70. The van der Waals surface area contributed by atoms with Gasteiger partial charge in [-0.15, -0.1) is 0 Å². The molecule has 10 heteroatoms. The second-order valence-electron chi connectivity index (χ2n) is 9.24. The van der Waals surface area contributed by atoms with E-state index in [1.54, 1.807) is 32.4 Å². The van der Waals surface area contributed by atoms with Crippen molar-refractivity contribution in [2.75, 3.05) is 44.0 Å². The molecule has 1 saturated heterocycles. The number of nitrogens with zero attached hydrogens (tertiary/aromatic N) is 3. The summed E-state index contributed by atoms with van der Waals surface area (Å²) >= 11 is 0. The minimum atomic E-state index is -4.03. The highest BCUT2D eigenvalue weighted by molar-refractivity contribution is 7.89. The Kier molecular flexibility index (Phi) is 7.96. The quantitative estimate of drug-likeness (QED) is 0.581. The topological polar surface area (TPSA) is 101 Å². The van der Waals surface area contributed by atoms with Gasteiger partial charge in [-0.1, -0.05) is 6.07 Å².